The highest BCUT2D eigenvalue weighted by atomic mass is 79.9. The third kappa shape index (κ3) is 2.46. The fraction of sp³-hybridized carbons (Fsp3) is 0.333. The van der Waals surface area contributed by atoms with Crippen molar-refractivity contribution in [2.45, 2.75) is 27.2 Å². The van der Waals surface area contributed by atoms with Crippen molar-refractivity contribution in [3.63, 3.8) is 0 Å². The molecule has 0 bridgehead atoms. The highest BCUT2D eigenvalue weighted by Gasteiger charge is 2.14. The lowest BCUT2D eigenvalue weighted by Gasteiger charge is -2.19. The Morgan fingerprint density at radius 2 is 1.69 bits per heavy atom. The molecule has 0 saturated heterocycles. The third-order valence-corrected chi connectivity index (χ3v) is 3.60. The van der Waals surface area contributed by atoms with Crippen LogP contribution in [-0.2, 0) is 6.42 Å². The number of benzene rings is 2. The minimum Gasteiger partial charge on any atom is -0.0616 e. The minimum absolute atomic E-state index is 0.324. The summed E-state index contributed by atoms with van der Waals surface area (Å²) in [6.45, 7) is 6.82. The first-order valence-corrected chi connectivity index (χ1v) is 6.43. The topological polar surface area (TPSA) is 0 Å². The Morgan fingerprint density at radius 3 is 2.38 bits per heavy atom. The second-order valence-electron chi connectivity index (χ2n) is 5.50. The van der Waals surface area contributed by atoms with Gasteiger partial charge in [0.25, 0.3) is 0 Å². The fourth-order valence-electron chi connectivity index (χ4n) is 1.99. The molecular weight excluding hydrogens is 260 g/mol. The summed E-state index contributed by atoms with van der Waals surface area (Å²) in [5.74, 6) is 0. The summed E-state index contributed by atoms with van der Waals surface area (Å²) in [4.78, 5) is 0. The van der Waals surface area contributed by atoms with Crippen molar-refractivity contribution in [1.29, 1.82) is 0 Å². The summed E-state index contributed by atoms with van der Waals surface area (Å²) in [5, 5.41) is 2.61. The molecular formula is C15H17Br. The van der Waals surface area contributed by atoms with Crippen molar-refractivity contribution in [2.24, 2.45) is 5.41 Å². The van der Waals surface area contributed by atoms with Gasteiger partial charge in [0, 0.05) is 4.47 Å². The van der Waals surface area contributed by atoms with Gasteiger partial charge in [-0.2, -0.15) is 0 Å². The molecule has 2 aromatic carbocycles. The Bertz CT molecular complexity index is 506. The van der Waals surface area contributed by atoms with Crippen molar-refractivity contribution >= 4 is 26.7 Å². The zero-order valence-corrected chi connectivity index (χ0v) is 11.6. The molecule has 0 N–H and O–H groups in total. The van der Waals surface area contributed by atoms with E-state index >= 15 is 0 Å². The predicted molar refractivity (Wildman–Crippen MR) is 74.8 cm³/mol. The van der Waals surface area contributed by atoms with Crippen molar-refractivity contribution in [1.82, 2.24) is 0 Å². The molecule has 0 aliphatic rings. The van der Waals surface area contributed by atoms with Gasteiger partial charge >= 0.3 is 0 Å². The number of hydrogen-bond acceptors (Lipinski definition) is 0. The smallest absolute Gasteiger partial charge is 0.0285 e. The lowest BCUT2D eigenvalue weighted by Crippen LogP contribution is -2.09. The van der Waals surface area contributed by atoms with Gasteiger partial charge in [0.2, 0.25) is 0 Å². The maximum absolute atomic E-state index is 3.73. The molecule has 84 valence electrons. The third-order valence-electron chi connectivity index (χ3n) is 2.66. The van der Waals surface area contributed by atoms with Crippen molar-refractivity contribution in [2.75, 3.05) is 0 Å². The zero-order valence-electron chi connectivity index (χ0n) is 10.0. The van der Waals surface area contributed by atoms with Crippen LogP contribution in [0.2, 0.25) is 0 Å². The van der Waals surface area contributed by atoms with Crippen LogP contribution in [0.15, 0.2) is 40.9 Å². The van der Waals surface area contributed by atoms with Gasteiger partial charge in [0.05, 0.1) is 0 Å². The quantitative estimate of drug-likeness (QED) is 0.672. The molecule has 16 heavy (non-hydrogen) atoms. The van der Waals surface area contributed by atoms with Crippen LogP contribution in [0.4, 0.5) is 0 Å². The maximum atomic E-state index is 3.73. The van der Waals surface area contributed by atoms with Gasteiger partial charge in [-0.25, -0.2) is 0 Å². The van der Waals surface area contributed by atoms with E-state index in [9.17, 15) is 0 Å². The molecule has 0 nitrogen and oxygen atoms in total. The first-order chi connectivity index (χ1) is 7.47. The largest absolute Gasteiger partial charge is 0.0616 e. The van der Waals surface area contributed by atoms with Gasteiger partial charge in [-0.15, -0.1) is 0 Å². The first-order valence-electron chi connectivity index (χ1n) is 5.63. The van der Waals surface area contributed by atoms with Gasteiger partial charge in [-0.1, -0.05) is 57.2 Å². The first kappa shape index (κ1) is 11.7. The molecule has 0 aromatic heterocycles. The average Bonchev–Trinajstić information content (AvgIpc) is 2.21. The van der Waals surface area contributed by atoms with Crippen molar-refractivity contribution in [3.05, 3.63) is 46.4 Å². The summed E-state index contributed by atoms with van der Waals surface area (Å²) in [6, 6.07) is 12.9. The Morgan fingerprint density at radius 1 is 1.00 bits per heavy atom. The zero-order chi connectivity index (χ0) is 11.8. The Balaban J connectivity index is 2.53. The van der Waals surface area contributed by atoms with Crippen molar-refractivity contribution < 1.29 is 0 Å². The van der Waals surface area contributed by atoms with E-state index in [1.54, 1.807) is 0 Å². The molecule has 0 fully saturated rings. The molecule has 0 aliphatic heterocycles. The summed E-state index contributed by atoms with van der Waals surface area (Å²) in [5.41, 5.74) is 1.72. The van der Waals surface area contributed by atoms with Crippen LogP contribution in [0, 0.1) is 5.41 Å². The standard InChI is InChI=1S/C15H17Br/c1-15(2,3)10-12-9-8-11-6-4-5-7-13(11)14(12)16/h4-9H,10H2,1-3H3. The van der Waals surface area contributed by atoms with Gasteiger partial charge in [-0.05, 0) is 44.1 Å². The monoisotopic (exact) mass is 276 g/mol. The highest BCUT2D eigenvalue weighted by molar-refractivity contribution is 9.10. The van der Waals surface area contributed by atoms with Gasteiger partial charge in [0.15, 0.2) is 0 Å². The number of rotatable bonds is 1. The number of hydrogen-bond donors (Lipinski definition) is 0. The van der Waals surface area contributed by atoms with Gasteiger partial charge < -0.3 is 0 Å². The second-order valence-corrected chi connectivity index (χ2v) is 6.29. The van der Waals surface area contributed by atoms with E-state index in [1.165, 1.54) is 20.8 Å². The van der Waals surface area contributed by atoms with Crippen LogP contribution in [0.5, 0.6) is 0 Å². The van der Waals surface area contributed by atoms with E-state index < -0.39 is 0 Å². The van der Waals surface area contributed by atoms with Crippen LogP contribution in [0.25, 0.3) is 10.8 Å². The fourth-order valence-corrected chi connectivity index (χ4v) is 2.62. The van der Waals surface area contributed by atoms with E-state index in [0.29, 0.717) is 5.41 Å². The van der Waals surface area contributed by atoms with E-state index in [0.717, 1.165) is 6.42 Å². The lowest BCUT2D eigenvalue weighted by molar-refractivity contribution is 0.411. The van der Waals surface area contributed by atoms with Gasteiger partial charge in [0.1, 0.15) is 0 Å². The second kappa shape index (κ2) is 4.21. The van der Waals surface area contributed by atoms with E-state index in [4.69, 9.17) is 0 Å². The molecule has 0 atom stereocenters. The maximum Gasteiger partial charge on any atom is 0.0285 e. The Kier molecular flexibility index (Phi) is 3.07. The molecule has 2 aromatic rings. The molecule has 0 unspecified atom stereocenters. The molecule has 2 rings (SSSR count). The molecule has 0 radical (unpaired) electrons. The van der Waals surface area contributed by atoms with Crippen LogP contribution >= 0.6 is 15.9 Å². The minimum atomic E-state index is 0.324. The summed E-state index contributed by atoms with van der Waals surface area (Å²) in [6.07, 6.45) is 1.10. The molecule has 0 spiro atoms. The number of fused-ring (bicyclic) bond motifs is 1. The summed E-state index contributed by atoms with van der Waals surface area (Å²) < 4.78 is 1.25. The highest BCUT2D eigenvalue weighted by Crippen LogP contribution is 2.31. The molecule has 1 heteroatoms. The lowest BCUT2D eigenvalue weighted by atomic mass is 9.87. The number of halogens is 1. The Hall–Kier alpha value is -0.820. The van der Waals surface area contributed by atoms with Crippen LogP contribution in [-0.4, -0.2) is 0 Å². The van der Waals surface area contributed by atoms with Crippen molar-refractivity contribution in [3.8, 4) is 0 Å². The summed E-state index contributed by atoms with van der Waals surface area (Å²) >= 11 is 3.73. The van der Waals surface area contributed by atoms with Crippen LogP contribution in [0.1, 0.15) is 26.3 Å². The average molecular weight is 277 g/mol. The van der Waals surface area contributed by atoms with E-state index in [2.05, 4.69) is 73.1 Å². The van der Waals surface area contributed by atoms with E-state index in [-0.39, 0.29) is 0 Å². The van der Waals surface area contributed by atoms with Crippen LogP contribution < -0.4 is 0 Å². The van der Waals surface area contributed by atoms with E-state index in [1.807, 2.05) is 0 Å². The molecule has 0 aliphatic carbocycles. The Labute approximate surface area is 106 Å². The predicted octanol–water partition coefficient (Wildman–Crippen LogP) is 5.19. The van der Waals surface area contributed by atoms with Crippen LogP contribution in [0.3, 0.4) is 0 Å². The normalized spacial score (nSPS) is 12.0. The van der Waals surface area contributed by atoms with Gasteiger partial charge in [-0.3, -0.25) is 0 Å². The summed E-state index contributed by atoms with van der Waals surface area (Å²) in [7, 11) is 0. The molecule has 0 amide bonds. The molecule has 0 heterocycles. The SMILES string of the molecule is CC(C)(C)Cc1ccc2ccccc2c1Br. The molecule has 0 saturated carbocycles.